The lowest BCUT2D eigenvalue weighted by Crippen LogP contribution is -2.31. The first kappa shape index (κ1) is 12.5. The second-order valence-corrected chi connectivity index (χ2v) is 5.86. The Labute approximate surface area is 105 Å². The van der Waals surface area contributed by atoms with Gasteiger partial charge in [0.1, 0.15) is 0 Å². The van der Waals surface area contributed by atoms with Gasteiger partial charge < -0.3 is 5.11 Å². The highest BCUT2D eigenvalue weighted by Gasteiger charge is 2.21. The molecule has 0 fully saturated rings. The van der Waals surface area contributed by atoms with E-state index < -0.39 is 5.97 Å². The van der Waals surface area contributed by atoms with E-state index in [4.69, 9.17) is 5.11 Å². The van der Waals surface area contributed by atoms with Crippen LogP contribution in [-0.4, -0.2) is 34.0 Å². The lowest BCUT2D eigenvalue weighted by atomic mass is 10.1. The van der Waals surface area contributed by atoms with Crippen molar-refractivity contribution in [3.63, 3.8) is 0 Å². The lowest BCUT2D eigenvalue weighted by molar-refractivity contribution is -0.137. The fourth-order valence-corrected chi connectivity index (χ4v) is 3.12. The van der Waals surface area contributed by atoms with Crippen LogP contribution in [0.25, 0.3) is 0 Å². The van der Waals surface area contributed by atoms with Crippen LogP contribution < -0.4 is 0 Å². The minimum Gasteiger partial charge on any atom is -0.481 e. The first-order chi connectivity index (χ1) is 8.06. The second kappa shape index (κ2) is 5.14. The molecule has 1 aromatic rings. The molecule has 1 N–H and O–H groups in total. The third-order valence-corrected chi connectivity index (χ3v) is 4.35. The first-order valence-corrected chi connectivity index (χ1v) is 6.80. The van der Waals surface area contributed by atoms with Crippen molar-refractivity contribution in [2.24, 2.45) is 0 Å². The van der Waals surface area contributed by atoms with Gasteiger partial charge in [-0.25, -0.2) is 4.98 Å². The third-order valence-electron chi connectivity index (χ3n) is 2.96. The molecule has 1 aliphatic rings. The maximum Gasteiger partial charge on any atom is 0.304 e. The van der Waals surface area contributed by atoms with E-state index in [1.165, 1.54) is 15.6 Å². The van der Waals surface area contributed by atoms with E-state index in [0.717, 1.165) is 19.5 Å². The van der Waals surface area contributed by atoms with Gasteiger partial charge in [-0.3, -0.25) is 9.69 Å². The van der Waals surface area contributed by atoms with E-state index in [1.54, 1.807) is 11.3 Å². The number of carbonyl (C=O) groups is 1. The maximum atomic E-state index is 10.5. The maximum absolute atomic E-state index is 10.5. The molecule has 0 spiro atoms. The molecule has 0 amide bonds. The number of hydrogen-bond donors (Lipinski definition) is 1. The monoisotopic (exact) mass is 254 g/mol. The highest BCUT2D eigenvalue weighted by Crippen LogP contribution is 2.29. The number of hydrogen-bond acceptors (Lipinski definition) is 4. The Kier molecular flexibility index (Phi) is 3.79. The molecular weight excluding hydrogens is 236 g/mol. The van der Waals surface area contributed by atoms with Crippen LogP contribution >= 0.6 is 11.3 Å². The average molecular weight is 254 g/mol. The SMILES string of the molecule is CC(C)c1nc2c(s1)CN(CCC(=O)O)CC2. The van der Waals surface area contributed by atoms with E-state index >= 15 is 0 Å². The normalized spacial score (nSPS) is 16.2. The third kappa shape index (κ3) is 3.04. The molecule has 0 unspecified atom stereocenters. The Balaban J connectivity index is 2.00. The van der Waals surface area contributed by atoms with Crippen LogP contribution in [0.2, 0.25) is 0 Å². The summed E-state index contributed by atoms with van der Waals surface area (Å²) in [4.78, 5) is 18.7. The summed E-state index contributed by atoms with van der Waals surface area (Å²) in [5.74, 6) is -0.235. The Morgan fingerprint density at radius 3 is 3.00 bits per heavy atom. The van der Waals surface area contributed by atoms with Gasteiger partial charge in [0.05, 0.1) is 17.1 Å². The molecular formula is C12H18N2O2S. The van der Waals surface area contributed by atoms with Crippen molar-refractivity contribution >= 4 is 17.3 Å². The number of thiazole rings is 1. The van der Waals surface area contributed by atoms with Crippen LogP contribution in [-0.2, 0) is 17.8 Å². The predicted octanol–water partition coefficient (Wildman–Crippen LogP) is 2.10. The zero-order chi connectivity index (χ0) is 12.4. The van der Waals surface area contributed by atoms with Crippen molar-refractivity contribution in [3.8, 4) is 0 Å². The van der Waals surface area contributed by atoms with Gasteiger partial charge >= 0.3 is 5.97 Å². The van der Waals surface area contributed by atoms with Crippen LogP contribution in [0.1, 0.15) is 41.8 Å². The predicted molar refractivity (Wildman–Crippen MR) is 67.4 cm³/mol. The number of nitrogens with zero attached hydrogens (tertiary/aromatic N) is 2. The fraction of sp³-hybridized carbons (Fsp3) is 0.667. The summed E-state index contributed by atoms with van der Waals surface area (Å²) < 4.78 is 0. The lowest BCUT2D eigenvalue weighted by Gasteiger charge is -2.24. The van der Waals surface area contributed by atoms with Gasteiger partial charge in [-0.15, -0.1) is 11.3 Å². The van der Waals surface area contributed by atoms with E-state index in [1.807, 2.05) is 0 Å². The first-order valence-electron chi connectivity index (χ1n) is 5.99. The molecule has 1 aliphatic heterocycles. The number of fused-ring (bicyclic) bond motifs is 1. The van der Waals surface area contributed by atoms with Crippen LogP contribution in [0.4, 0.5) is 0 Å². The van der Waals surface area contributed by atoms with Crippen LogP contribution in [0, 0.1) is 0 Å². The van der Waals surface area contributed by atoms with Crippen molar-refractivity contribution in [2.45, 2.75) is 39.2 Å². The highest BCUT2D eigenvalue weighted by atomic mass is 32.1. The van der Waals surface area contributed by atoms with Gasteiger partial charge in [0, 0.05) is 36.9 Å². The molecule has 1 aromatic heterocycles. The summed E-state index contributed by atoms with van der Waals surface area (Å²) in [5, 5.41) is 9.88. The largest absolute Gasteiger partial charge is 0.481 e. The summed E-state index contributed by atoms with van der Waals surface area (Å²) in [5.41, 5.74) is 1.23. The second-order valence-electron chi connectivity index (χ2n) is 4.75. The number of aromatic nitrogens is 1. The van der Waals surface area contributed by atoms with Gasteiger partial charge in [0.15, 0.2) is 0 Å². The molecule has 0 aromatic carbocycles. The molecule has 17 heavy (non-hydrogen) atoms. The molecule has 94 valence electrons. The molecule has 0 bridgehead atoms. The van der Waals surface area contributed by atoms with E-state index in [-0.39, 0.29) is 6.42 Å². The van der Waals surface area contributed by atoms with Crippen LogP contribution in [0.5, 0.6) is 0 Å². The molecule has 0 saturated heterocycles. The minimum absolute atomic E-state index is 0.227. The molecule has 4 nitrogen and oxygen atoms in total. The molecule has 2 heterocycles. The fourth-order valence-electron chi connectivity index (χ4n) is 1.96. The Morgan fingerprint density at radius 2 is 2.35 bits per heavy atom. The Bertz CT molecular complexity index is 415. The van der Waals surface area contributed by atoms with E-state index in [2.05, 4.69) is 23.7 Å². The van der Waals surface area contributed by atoms with Gasteiger partial charge in [-0.1, -0.05) is 13.8 Å². The number of aliphatic carboxylic acids is 1. The van der Waals surface area contributed by atoms with Gasteiger partial charge in [0.2, 0.25) is 0 Å². The number of carboxylic acids is 1. The van der Waals surface area contributed by atoms with Crippen molar-refractivity contribution in [1.82, 2.24) is 9.88 Å². The summed E-state index contributed by atoms with van der Waals surface area (Å²) in [6.45, 7) is 6.76. The Morgan fingerprint density at radius 1 is 1.59 bits per heavy atom. The zero-order valence-corrected chi connectivity index (χ0v) is 11.1. The quantitative estimate of drug-likeness (QED) is 0.894. The topological polar surface area (TPSA) is 53.4 Å². The van der Waals surface area contributed by atoms with E-state index in [0.29, 0.717) is 12.5 Å². The molecule has 0 radical (unpaired) electrons. The van der Waals surface area contributed by atoms with Gasteiger partial charge in [-0.2, -0.15) is 0 Å². The van der Waals surface area contributed by atoms with Crippen molar-refractivity contribution < 1.29 is 9.90 Å². The highest BCUT2D eigenvalue weighted by molar-refractivity contribution is 7.11. The standard InChI is InChI=1S/C12H18N2O2S/c1-8(2)12-13-9-3-5-14(6-4-11(15)16)7-10(9)17-12/h8H,3-7H2,1-2H3,(H,15,16). The molecule has 0 saturated carbocycles. The molecule has 0 aliphatic carbocycles. The number of carboxylic acid groups (broad SMARTS) is 1. The summed E-state index contributed by atoms with van der Waals surface area (Å²) in [7, 11) is 0. The van der Waals surface area contributed by atoms with Gasteiger partial charge in [0.25, 0.3) is 0 Å². The zero-order valence-electron chi connectivity index (χ0n) is 10.3. The van der Waals surface area contributed by atoms with Crippen LogP contribution in [0.3, 0.4) is 0 Å². The Hall–Kier alpha value is -0.940. The summed E-state index contributed by atoms with van der Waals surface area (Å²) >= 11 is 1.78. The van der Waals surface area contributed by atoms with Crippen molar-refractivity contribution in [3.05, 3.63) is 15.6 Å². The molecule has 0 atom stereocenters. The van der Waals surface area contributed by atoms with Crippen LogP contribution in [0.15, 0.2) is 0 Å². The van der Waals surface area contributed by atoms with E-state index in [9.17, 15) is 4.79 Å². The number of rotatable bonds is 4. The minimum atomic E-state index is -0.719. The van der Waals surface area contributed by atoms with Gasteiger partial charge in [-0.05, 0) is 0 Å². The smallest absolute Gasteiger partial charge is 0.304 e. The molecule has 2 rings (SSSR count). The summed E-state index contributed by atoms with van der Waals surface area (Å²) in [6.07, 6.45) is 1.18. The van der Waals surface area contributed by atoms with Crippen molar-refractivity contribution in [1.29, 1.82) is 0 Å². The summed E-state index contributed by atoms with van der Waals surface area (Å²) in [6, 6.07) is 0. The average Bonchev–Trinajstić information content (AvgIpc) is 2.69. The van der Waals surface area contributed by atoms with Crippen molar-refractivity contribution in [2.75, 3.05) is 13.1 Å². The molecule has 5 heteroatoms.